The van der Waals surface area contributed by atoms with Gasteiger partial charge in [-0.05, 0) is 45.0 Å². The van der Waals surface area contributed by atoms with E-state index in [1.165, 1.54) is 16.5 Å². The van der Waals surface area contributed by atoms with Gasteiger partial charge in [-0.1, -0.05) is 48.0 Å². The molecule has 3 heteroatoms. The number of hydrogen-bond donors (Lipinski definition) is 1. The average Bonchev–Trinajstić information content (AvgIpc) is 2.34. The Hall–Kier alpha value is -0.380. The van der Waals surface area contributed by atoms with Crippen molar-refractivity contribution in [1.82, 2.24) is 10.2 Å². The third-order valence-corrected chi connectivity index (χ3v) is 4.23. The first-order chi connectivity index (χ1) is 8.91. The predicted molar refractivity (Wildman–Crippen MR) is 87.5 cm³/mol. The Kier molecular flexibility index (Phi) is 7.05. The Morgan fingerprint density at radius 2 is 1.79 bits per heavy atom. The fourth-order valence-electron chi connectivity index (χ4n) is 2.27. The molecule has 2 nitrogen and oxygen atoms in total. The molecule has 0 saturated carbocycles. The van der Waals surface area contributed by atoms with E-state index >= 15 is 0 Å². The molecule has 0 fully saturated rings. The lowest BCUT2D eigenvalue weighted by Gasteiger charge is -2.28. The molecule has 0 radical (unpaired) electrons. The first kappa shape index (κ1) is 16.7. The minimum absolute atomic E-state index is 0.366. The van der Waals surface area contributed by atoms with Gasteiger partial charge in [0, 0.05) is 23.1 Å². The molecule has 0 heterocycles. The zero-order valence-electron chi connectivity index (χ0n) is 12.8. The monoisotopic (exact) mass is 326 g/mol. The zero-order chi connectivity index (χ0) is 14.4. The summed E-state index contributed by atoms with van der Waals surface area (Å²) in [6, 6.07) is 9.38. The van der Waals surface area contributed by atoms with Crippen molar-refractivity contribution in [1.29, 1.82) is 0 Å². The molecule has 0 aliphatic rings. The summed E-state index contributed by atoms with van der Waals surface area (Å²) < 4.78 is 1.18. The summed E-state index contributed by atoms with van der Waals surface area (Å²) in [7, 11) is 4.33. The smallest absolute Gasteiger partial charge is 0.0303 e. The number of rotatable bonds is 7. The highest BCUT2D eigenvalue weighted by Crippen LogP contribution is 2.22. The summed E-state index contributed by atoms with van der Waals surface area (Å²) in [4.78, 5) is 2.32. The van der Waals surface area contributed by atoms with E-state index in [-0.39, 0.29) is 0 Å². The van der Waals surface area contributed by atoms with E-state index in [0.29, 0.717) is 12.1 Å². The Balaban J connectivity index is 2.57. The first-order valence-corrected chi connectivity index (χ1v) is 7.85. The Morgan fingerprint density at radius 1 is 1.16 bits per heavy atom. The Bertz CT molecular complexity index is 377. The summed E-state index contributed by atoms with van der Waals surface area (Å²) in [6.45, 7) is 7.82. The minimum atomic E-state index is 0.366. The maximum Gasteiger partial charge on any atom is 0.0303 e. The topological polar surface area (TPSA) is 15.3 Å². The largest absolute Gasteiger partial charge is 0.309 e. The molecule has 1 aromatic rings. The number of halogens is 1. The average molecular weight is 327 g/mol. The number of nitrogens with one attached hydrogen (secondary N) is 1. The van der Waals surface area contributed by atoms with Crippen LogP contribution in [0, 0.1) is 5.92 Å². The highest BCUT2D eigenvalue weighted by atomic mass is 79.9. The minimum Gasteiger partial charge on any atom is -0.309 e. The van der Waals surface area contributed by atoms with Gasteiger partial charge in [0.2, 0.25) is 0 Å². The number of benzene rings is 1. The van der Waals surface area contributed by atoms with E-state index in [4.69, 9.17) is 0 Å². The van der Waals surface area contributed by atoms with Crippen molar-refractivity contribution in [2.75, 3.05) is 20.6 Å². The van der Waals surface area contributed by atoms with Crippen molar-refractivity contribution in [2.24, 2.45) is 5.92 Å². The third kappa shape index (κ3) is 5.64. The number of nitrogens with zero attached hydrogens (tertiary/aromatic N) is 1. The van der Waals surface area contributed by atoms with Gasteiger partial charge in [0.1, 0.15) is 0 Å². The van der Waals surface area contributed by atoms with Gasteiger partial charge in [-0.25, -0.2) is 0 Å². The molecule has 0 aromatic heterocycles. The van der Waals surface area contributed by atoms with E-state index in [2.05, 4.69) is 85.3 Å². The summed E-state index contributed by atoms with van der Waals surface area (Å²) in [5, 5.41) is 3.65. The van der Waals surface area contributed by atoms with Gasteiger partial charge in [0.05, 0.1) is 0 Å². The van der Waals surface area contributed by atoms with E-state index < -0.39 is 0 Å². The van der Waals surface area contributed by atoms with Crippen molar-refractivity contribution in [3.63, 3.8) is 0 Å². The molecule has 0 aliphatic heterocycles. The summed E-state index contributed by atoms with van der Waals surface area (Å²) in [6.07, 6.45) is 1.22. The molecule has 2 unspecified atom stereocenters. The lowest BCUT2D eigenvalue weighted by Crippen LogP contribution is -2.39. The van der Waals surface area contributed by atoms with Gasteiger partial charge < -0.3 is 10.2 Å². The van der Waals surface area contributed by atoms with E-state index in [0.717, 1.165) is 12.5 Å². The maximum absolute atomic E-state index is 3.65. The normalized spacial score (nSPS) is 14.9. The molecule has 19 heavy (non-hydrogen) atoms. The summed E-state index contributed by atoms with van der Waals surface area (Å²) in [5.41, 5.74) is 1.32. The van der Waals surface area contributed by atoms with Crippen LogP contribution in [0.25, 0.3) is 0 Å². The maximum atomic E-state index is 3.65. The molecule has 1 aromatic carbocycles. The van der Waals surface area contributed by atoms with Crippen molar-refractivity contribution >= 4 is 15.9 Å². The van der Waals surface area contributed by atoms with Crippen LogP contribution in [-0.2, 0) is 0 Å². The van der Waals surface area contributed by atoms with Crippen LogP contribution in [-0.4, -0.2) is 31.6 Å². The summed E-state index contributed by atoms with van der Waals surface area (Å²) in [5.74, 6) is 0.730. The van der Waals surface area contributed by atoms with Crippen molar-refractivity contribution in [3.8, 4) is 0 Å². The van der Waals surface area contributed by atoms with Gasteiger partial charge >= 0.3 is 0 Å². The van der Waals surface area contributed by atoms with E-state index in [1.54, 1.807) is 0 Å². The second-order valence-corrected chi connectivity index (χ2v) is 6.75. The van der Waals surface area contributed by atoms with Crippen molar-refractivity contribution < 1.29 is 0 Å². The SMILES string of the molecule is CC(C)CC(CNC(C)c1ccccc1Br)N(C)C. The van der Waals surface area contributed by atoms with Crippen LogP contribution in [0.3, 0.4) is 0 Å². The van der Waals surface area contributed by atoms with Gasteiger partial charge in [0.15, 0.2) is 0 Å². The molecule has 108 valence electrons. The molecule has 1 N–H and O–H groups in total. The second kappa shape index (κ2) is 8.03. The number of hydrogen-bond acceptors (Lipinski definition) is 2. The predicted octanol–water partition coefficient (Wildman–Crippen LogP) is 4.08. The molecule has 0 spiro atoms. The number of likely N-dealkylation sites (N-methyl/N-ethyl adjacent to an activating group) is 1. The fourth-order valence-corrected chi connectivity index (χ4v) is 2.90. The Morgan fingerprint density at radius 3 is 2.32 bits per heavy atom. The van der Waals surface area contributed by atoms with Crippen molar-refractivity contribution in [3.05, 3.63) is 34.3 Å². The highest BCUT2D eigenvalue weighted by molar-refractivity contribution is 9.10. The van der Waals surface area contributed by atoms with Gasteiger partial charge in [-0.2, -0.15) is 0 Å². The molecule has 0 saturated heterocycles. The lowest BCUT2D eigenvalue weighted by atomic mass is 10.0. The third-order valence-electron chi connectivity index (χ3n) is 3.51. The molecule has 0 aliphatic carbocycles. The van der Waals surface area contributed by atoms with Crippen LogP contribution in [0.1, 0.15) is 38.8 Å². The highest BCUT2D eigenvalue weighted by Gasteiger charge is 2.15. The van der Waals surface area contributed by atoms with Crippen LogP contribution in [0.5, 0.6) is 0 Å². The molecular weight excluding hydrogens is 300 g/mol. The zero-order valence-corrected chi connectivity index (χ0v) is 14.4. The van der Waals surface area contributed by atoms with E-state index in [1.807, 2.05) is 0 Å². The van der Waals surface area contributed by atoms with Gasteiger partial charge in [-0.3, -0.25) is 0 Å². The van der Waals surface area contributed by atoms with Crippen LogP contribution < -0.4 is 5.32 Å². The van der Waals surface area contributed by atoms with Crippen LogP contribution >= 0.6 is 15.9 Å². The van der Waals surface area contributed by atoms with Crippen molar-refractivity contribution in [2.45, 2.75) is 39.3 Å². The van der Waals surface area contributed by atoms with Gasteiger partial charge in [0.25, 0.3) is 0 Å². The quantitative estimate of drug-likeness (QED) is 0.812. The van der Waals surface area contributed by atoms with Crippen LogP contribution in [0.2, 0.25) is 0 Å². The molecule has 0 bridgehead atoms. The lowest BCUT2D eigenvalue weighted by molar-refractivity contribution is 0.242. The molecular formula is C16H27BrN2. The Labute approximate surface area is 126 Å². The van der Waals surface area contributed by atoms with Crippen LogP contribution in [0.15, 0.2) is 28.7 Å². The molecule has 0 amide bonds. The molecule has 1 rings (SSSR count). The standard InChI is InChI=1S/C16H27BrN2/c1-12(2)10-14(19(4)5)11-18-13(3)15-8-6-7-9-16(15)17/h6-9,12-14,18H,10-11H2,1-5H3. The van der Waals surface area contributed by atoms with Gasteiger partial charge in [-0.15, -0.1) is 0 Å². The van der Waals surface area contributed by atoms with Crippen LogP contribution in [0.4, 0.5) is 0 Å². The van der Waals surface area contributed by atoms with E-state index in [9.17, 15) is 0 Å². The molecule has 2 atom stereocenters. The fraction of sp³-hybridized carbons (Fsp3) is 0.625. The first-order valence-electron chi connectivity index (χ1n) is 7.06. The second-order valence-electron chi connectivity index (χ2n) is 5.90. The summed E-state index contributed by atoms with van der Waals surface area (Å²) >= 11 is 3.62.